The maximum Gasteiger partial charge on any atom is 0.191 e. The van der Waals surface area contributed by atoms with Crippen LogP contribution in [0.2, 0.25) is 0 Å². The van der Waals surface area contributed by atoms with Gasteiger partial charge in [0.25, 0.3) is 0 Å². The summed E-state index contributed by atoms with van der Waals surface area (Å²) in [6.45, 7) is 2.95. The number of aromatic amines is 1. The van der Waals surface area contributed by atoms with E-state index >= 15 is 0 Å². The minimum Gasteiger partial charge on any atom is -0.497 e. The van der Waals surface area contributed by atoms with Crippen LogP contribution < -0.4 is 20.1 Å². The SMILES string of the molecule is CCC(CNC(=NC)NCc1nc(-c2ccc(OC)cc2)n[nH]1)Oc1cccc(F)c1. The van der Waals surface area contributed by atoms with Crippen molar-refractivity contribution in [2.45, 2.75) is 26.0 Å². The maximum absolute atomic E-state index is 13.4. The van der Waals surface area contributed by atoms with Gasteiger partial charge < -0.3 is 20.1 Å². The fraction of sp³-hybridized carbons (Fsp3) is 0.318. The maximum atomic E-state index is 13.4. The molecule has 3 N–H and O–H groups in total. The van der Waals surface area contributed by atoms with Gasteiger partial charge in [-0.3, -0.25) is 10.1 Å². The summed E-state index contributed by atoms with van der Waals surface area (Å²) in [6.07, 6.45) is 0.626. The Bertz CT molecular complexity index is 990. The molecule has 1 unspecified atom stereocenters. The highest BCUT2D eigenvalue weighted by Crippen LogP contribution is 2.19. The number of hydrogen-bond donors (Lipinski definition) is 3. The number of nitrogens with zero attached hydrogens (tertiary/aromatic N) is 3. The number of benzene rings is 2. The summed E-state index contributed by atoms with van der Waals surface area (Å²) in [7, 11) is 3.32. The van der Waals surface area contributed by atoms with Crippen LogP contribution in [-0.4, -0.2) is 47.9 Å². The number of ether oxygens (including phenoxy) is 2. The molecule has 0 spiro atoms. The van der Waals surface area contributed by atoms with E-state index < -0.39 is 0 Å². The van der Waals surface area contributed by atoms with Crippen molar-refractivity contribution in [3.05, 3.63) is 60.2 Å². The van der Waals surface area contributed by atoms with Crippen molar-refractivity contribution in [2.75, 3.05) is 20.7 Å². The Kier molecular flexibility index (Phi) is 7.80. The van der Waals surface area contributed by atoms with Gasteiger partial charge in [0.2, 0.25) is 0 Å². The van der Waals surface area contributed by atoms with Gasteiger partial charge >= 0.3 is 0 Å². The Hall–Kier alpha value is -3.62. The van der Waals surface area contributed by atoms with Gasteiger partial charge in [0.15, 0.2) is 11.8 Å². The Morgan fingerprint density at radius 2 is 1.97 bits per heavy atom. The van der Waals surface area contributed by atoms with E-state index in [0.29, 0.717) is 36.4 Å². The van der Waals surface area contributed by atoms with E-state index in [9.17, 15) is 4.39 Å². The van der Waals surface area contributed by atoms with Crippen LogP contribution in [0.5, 0.6) is 11.5 Å². The predicted octanol–water partition coefficient (Wildman–Crippen LogP) is 3.14. The van der Waals surface area contributed by atoms with Gasteiger partial charge in [-0.2, -0.15) is 5.10 Å². The summed E-state index contributed by atoms with van der Waals surface area (Å²) in [5.74, 6) is 2.85. The van der Waals surface area contributed by atoms with Crippen molar-refractivity contribution >= 4 is 5.96 Å². The summed E-state index contributed by atoms with van der Waals surface area (Å²) >= 11 is 0. The molecule has 0 aliphatic heterocycles. The molecule has 3 aromatic rings. The average Bonchev–Trinajstić information content (AvgIpc) is 3.27. The Balaban J connectivity index is 1.50. The predicted molar refractivity (Wildman–Crippen MR) is 118 cm³/mol. The van der Waals surface area contributed by atoms with Crippen LogP contribution in [0.15, 0.2) is 53.5 Å². The van der Waals surface area contributed by atoms with Gasteiger partial charge in [-0.25, -0.2) is 9.37 Å². The normalized spacial score (nSPS) is 12.3. The molecule has 3 rings (SSSR count). The zero-order valence-corrected chi connectivity index (χ0v) is 17.9. The van der Waals surface area contributed by atoms with Gasteiger partial charge in [0.1, 0.15) is 29.2 Å². The first-order chi connectivity index (χ1) is 15.1. The van der Waals surface area contributed by atoms with Crippen molar-refractivity contribution < 1.29 is 13.9 Å². The van der Waals surface area contributed by atoms with Crippen molar-refractivity contribution in [3.63, 3.8) is 0 Å². The molecule has 0 aliphatic carbocycles. The van der Waals surface area contributed by atoms with Crippen LogP contribution in [0, 0.1) is 5.82 Å². The molecule has 31 heavy (non-hydrogen) atoms. The number of halogens is 1. The third-order valence-electron chi connectivity index (χ3n) is 4.58. The molecule has 0 amide bonds. The molecule has 0 saturated heterocycles. The first-order valence-corrected chi connectivity index (χ1v) is 10.0. The summed E-state index contributed by atoms with van der Waals surface area (Å²) in [5.41, 5.74) is 0.895. The number of rotatable bonds is 9. The second-order valence-electron chi connectivity index (χ2n) is 6.75. The van der Waals surface area contributed by atoms with Crippen LogP contribution in [0.4, 0.5) is 4.39 Å². The zero-order valence-electron chi connectivity index (χ0n) is 17.9. The lowest BCUT2D eigenvalue weighted by Gasteiger charge is -2.19. The second kappa shape index (κ2) is 11.0. The topological polar surface area (TPSA) is 96.5 Å². The average molecular weight is 426 g/mol. The molecular formula is C22H27FN6O2. The highest BCUT2D eigenvalue weighted by atomic mass is 19.1. The van der Waals surface area contributed by atoms with Crippen molar-refractivity contribution in [1.82, 2.24) is 25.8 Å². The minimum absolute atomic E-state index is 0.132. The highest BCUT2D eigenvalue weighted by Gasteiger charge is 2.11. The van der Waals surface area contributed by atoms with E-state index in [1.165, 1.54) is 12.1 Å². The van der Waals surface area contributed by atoms with Crippen molar-refractivity contribution in [1.29, 1.82) is 0 Å². The lowest BCUT2D eigenvalue weighted by molar-refractivity contribution is 0.198. The van der Waals surface area contributed by atoms with Gasteiger partial charge in [-0.1, -0.05) is 13.0 Å². The number of H-pyrrole nitrogens is 1. The molecule has 1 aromatic heterocycles. The standard InChI is InChI=1S/C22H27FN6O2/c1-4-17(31-19-7-5-6-16(23)12-19)13-25-22(24-2)26-14-20-27-21(29-28-20)15-8-10-18(30-3)11-9-15/h5-12,17H,4,13-14H2,1-3H3,(H2,24,25,26)(H,27,28,29). The molecule has 0 aliphatic rings. The molecule has 164 valence electrons. The fourth-order valence-electron chi connectivity index (χ4n) is 2.84. The van der Waals surface area contributed by atoms with Crippen LogP contribution in [-0.2, 0) is 6.54 Å². The summed E-state index contributed by atoms with van der Waals surface area (Å²) in [6, 6.07) is 13.7. The molecule has 0 bridgehead atoms. The van der Waals surface area contributed by atoms with Crippen molar-refractivity contribution in [2.24, 2.45) is 4.99 Å². The van der Waals surface area contributed by atoms with Gasteiger partial charge in [-0.15, -0.1) is 0 Å². The zero-order chi connectivity index (χ0) is 22.1. The smallest absolute Gasteiger partial charge is 0.191 e. The number of methoxy groups -OCH3 is 1. The molecule has 2 aromatic carbocycles. The molecule has 0 radical (unpaired) electrons. The van der Waals surface area contributed by atoms with Crippen molar-refractivity contribution in [3.8, 4) is 22.9 Å². The Morgan fingerprint density at radius 3 is 2.65 bits per heavy atom. The van der Waals surface area contributed by atoms with Crippen LogP contribution in [0.3, 0.4) is 0 Å². The third kappa shape index (κ3) is 6.43. The van der Waals surface area contributed by atoms with Gasteiger partial charge in [-0.05, 0) is 42.8 Å². The fourth-order valence-corrected chi connectivity index (χ4v) is 2.84. The molecule has 1 heterocycles. The first kappa shape index (κ1) is 22.1. The van der Waals surface area contributed by atoms with E-state index in [4.69, 9.17) is 9.47 Å². The van der Waals surface area contributed by atoms with Crippen LogP contribution in [0.1, 0.15) is 19.2 Å². The number of aromatic nitrogens is 3. The molecule has 9 heteroatoms. The number of nitrogens with one attached hydrogen (secondary N) is 3. The molecule has 0 fully saturated rings. The summed E-state index contributed by atoms with van der Waals surface area (Å²) in [5, 5.41) is 13.6. The number of aliphatic imine (C=N–C) groups is 1. The summed E-state index contributed by atoms with van der Waals surface area (Å²) in [4.78, 5) is 8.72. The van der Waals surface area contributed by atoms with E-state index in [-0.39, 0.29) is 11.9 Å². The van der Waals surface area contributed by atoms with Gasteiger partial charge in [0.05, 0.1) is 20.2 Å². The van der Waals surface area contributed by atoms with Crippen LogP contribution in [0.25, 0.3) is 11.4 Å². The second-order valence-corrected chi connectivity index (χ2v) is 6.75. The quantitative estimate of drug-likeness (QED) is 0.359. The monoisotopic (exact) mass is 426 g/mol. The van der Waals surface area contributed by atoms with E-state index in [2.05, 4.69) is 30.8 Å². The first-order valence-electron chi connectivity index (χ1n) is 10.0. The summed E-state index contributed by atoms with van der Waals surface area (Å²) < 4.78 is 24.4. The molecule has 8 nitrogen and oxygen atoms in total. The molecule has 0 saturated carbocycles. The van der Waals surface area contributed by atoms with Crippen LogP contribution >= 0.6 is 0 Å². The molecule has 1 atom stereocenters. The lowest BCUT2D eigenvalue weighted by Crippen LogP contribution is -2.42. The Labute approximate surface area is 180 Å². The van der Waals surface area contributed by atoms with E-state index in [1.807, 2.05) is 31.2 Å². The lowest BCUT2D eigenvalue weighted by atomic mass is 10.2. The van der Waals surface area contributed by atoms with Gasteiger partial charge in [0, 0.05) is 18.7 Å². The molecular weight excluding hydrogens is 399 g/mol. The third-order valence-corrected chi connectivity index (χ3v) is 4.58. The minimum atomic E-state index is -0.321. The Morgan fingerprint density at radius 1 is 1.16 bits per heavy atom. The number of guanidine groups is 1. The highest BCUT2D eigenvalue weighted by molar-refractivity contribution is 5.79. The van der Waals surface area contributed by atoms with E-state index in [0.717, 1.165) is 17.7 Å². The largest absolute Gasteiger partial charge is 0.497 e. The number of hydrogen-bond acceptors (Lipinski definition) is 5. The van der Waals surface area contributed by atoms with E-state index in [1.54, 1.807) is 26.3 Å².